The van der Waals surface area contributed by atoms with Crippen LogP contribution in [-0.2, 0) is 9.53 Å². The van der Waals surface area contributed by atoms with E-state index in [2.05, 4.69) is 13.8 Å². The highest BCUT2D eigenvalue weighted by atomic mass is 35.5. The zero-order valence-electron chi connectivity index (χ0n) is 11.7. The van der Waals surface area contributed by atoms with Crippen molar-refractivity contribution in [2.75, 3.05) is 26.8 Å². The molecule has 1 aliphatic rings. The molecule has 1 aliphatic carbocycles. The van der Waals surface area contributed by atoms with Gasteiger partial charge in [-0.25, -0.2) is 0 Å². The van der Waals surface area contributed by atoms with Crippen LogP contribution < -0.4 is 5.73 Å². The predicted molar refractivity (Wildman–Crippen MR) is 75.9 cm³/mol. The van der Waals surface area contributed by atoms with E-state index < -0.39 is 0 Å². The summed E-state index contributed by atoms with van der Waals surface area (Å²) >= 11 is 0. The van der Waals surface area contributed by atoms with Crippen LogP contribution in [0.2, 0.25) is 0 Å². The van der Waals surface area contributed by atoms with Gasteiger partial charge >= 0.3 is 0 Å². The maximum absolute atomic E-state index is 12.3. The van der Waals surface area contributed by atoms with Gasteiger partial charge in [0.15, 0.2) is 0 Å². The summed E-state index contributed by atoms with van der Waals surface area (Å²) in [6.07, 6.45) is 2.78. The Labute approximate surface area is 117 Å². The van der Waals surface area contributed by atoms with Crippen molar-refractivity contribution in [1.82, 2.24) is 4.90 Å². The fraction of sp³-hybridized carbons (Fsp3) is 0.923. The van der Waals surface area contributed by atoms with Gasteiger partial charge in [0.2, 0.25) is 5.91 Å². The minimum Gasteiger partial charge on any atom is -0.383 e. The van der Waals surface area contributed by atoms with Crippen LogP contribution in [0.5, 0.6) is 0 Å². The molecule has 0 radical (unpaired) electrons. The molecule has 0 aromatic rings. The zero-order valence-corrected chi connectivity index (χ0v) is 12.5. The maximum Gasteiger partial charge on any atom is 0.225 e. The second-order valence-electron chi connectivity index (χ2n) is 5.44. The molecule has 0 aromatic heterocycles. The molecule has 4 nitrogen and oxygen atoms in total. The molecule has 2 N–H and O–H groups in total. The summed E-state index contributed by atoms with van der Waals surface area (Å²) < 4.78 is 5.07. The van der Waals surface area contributed by atoms with E-state index in [1.54, 1.807) is 7.11 Å². The average Bonchev–Trinajstić information content (AvgIpc) is 2.69. The molecule has 18 heavy (non-hydrogen) atoms. The van der Waals surface area contributed by atoms with Gasteiger partial charge in [0.25, 0.3) is 0 Å². The Morgan fingerprint density at radius 3 is 2.56 bits per heavy atom. The summed E-state index contributed by atoms with van der Waals surface area (Å²) in [4.78, 5) is 14.3. The van der Waals surface area contributed by atoms with E-state index in [4.69, 9.17) is 10.5 Å². The van der Waals surface area contributed by atoms with Gasteiger partial charge in [-0.05, 0) is 25.2 Å². The van der Waals surface area contributed by atoms with E-state index in [-0.39, 0.29) is 30.3 Å². The van der Waals surface area contributed by atoms with Gasteiger partial charge in [-0.15, -0.1) is 12.4 Å². The molecule has 2 atom stereocenters. The largest absolute Gasteiger partial charge is 0.383 e. The van der Waals surface area contributed by atoms with Gasteiger partial charge in [0.05, 0.1) is 6.61 Å². The van der Waals surface area contributed by atoms with E-state index in [1.807, 2.05) is 4.90 Å². The first-order chi connectivity index (χ1) is 8.04. The summed E-state index contributed by atoms with van der Waals surface area (Å²) in [5, 5.41) is 0. The molecule has 5 heteroatoms. The fourth-order valence-electron chi connectivity index (χ4n) is 2.43. The summed E-state index contributed by atoms with van der Waals surface area (Å²) in [6.45, 7) is 6.38. The second-order valence-corrected chi connectivity index (χ2v) is 5.44. The maximum atomic E-state index is 12.3. The summed E-state index contributed by atoms with van der Waals surface area (Å²) in [5.41, 5.74) is 5.87. The summed E-state index contributed by atoms with van der Waals surface area (Å²) in [6, 6.07) is 0.215. The monoisotopic (exact) mass is 278 g/mol. The molecule has 0 spiro atoms. The van der Waals surface area contributed by atoms with Gasteiger partial charge in [-0.1, -0.05) is 13.8 Å². The van der Waals surface area contributed by atoms with Crippen LogP contribution in [0.1, 0.15) is 33.1 Å². The van der Waals surface area contributed by atoms with Crippen LogP contribution >= 0.6 is 12.4 Å². The Morgan fingerprint density at radius 1 is 1.44 bits per heavy atom. The Kier molecular flexibility index (Phi) is 8.57. The van der Waals surface area contributed by atoms with Crippen LogP contribution in [0.3, 0.4) is 0 Å². The molecular weight excluding hydrogens is 252 g/mol. The lowest BCUT2D eigenvalue weighted by Crippen LogP contribution is -2.40. The standard InChI is InChI=1S/C13H26N2O2.ClH/c1-10(2)9-15(6-7-17-3)13(16)11-4-5-12(14)8-11;/h10-12H,4-9,14H2,1-3H3;1H. The highest BCUT2D eigenvalue weighted by molar-refractivity contribution is 5.85. The number of nitrogens with zero attached hydrogens (tertiary/aromatic N) is 1. The van der Waals surface area contributed by atoms with Crippen molar-refractivity contribution in [3.8, 4) is 0 Å². The number of carbonyl (C=O) groups excluding carboxylic acids is 1. The first-order valence-electron chi connectivity index (χ1n) is 6.58. The molecule has 1 saturated carbocycles. The average molecular weight is 279 g/mol. The van der Waals surface area contributed by atoms with Gasteiger partial charge in [0, 0.05) is 32.2 Å². The van der Waals surface area contributed by atoms with E-state index in [1.165, 1.54) is 0 Å². The van der Waals surface area contributed by atoms with Crippen LogP contribution in [0, 0.1) is 11.8 Å². The quantitative estimate of drug-likeness (QED) is 0.804. The Balaban J connectivity index is 0.00000289. The number of hydrogen-bond donors (Lipinski definition) is 1. The van der Waals surface area contributed by atoms with Gasteiger partial charge in [-0.3, -0.25) is 4.79 Å². The van der Waals surface area contributed by atoms with Crippen LogP contribution in [0.25, 0.3) is 0 Å². The van der Waals surface area contributed by atoms with E-state index in [0.717, 1.165) is 25.8 Å². The van der Waals surface area contributed by atoms with Crippen molar-refractivity contribution in [2.24, 2.45) is 17.6 Å². The number of ether oxygens (including phenoxy) is 1. The molecule has 0 aliphatic heterocycles. The lowest BCUT2D eigenvalue weighted by Gasteiger charge is -2.27. The molecular formula is C13H27ClN2O2. The summed E-state index contributed by atoms with van der Waals surface area (Å²) in [7, 11) is 1.67. The van der Waals surface area contributed by atoms with Crippen molar-refractivity contribution in [3.05, 3.63) is 0 Å². The van der Waals surface area contributed by atoms with Crippen molar-refractivity contribution < 1.29 is 9.53 Å². The lowest BCUT2D eigenvalue weighted by atomic mass is 10.1. The fourth-order valence-corrected chi connectivity index (χ4v) is 2.43. The molecule has 1 amide bonds. The Bertz CT molecular complexity index is 249. The molecule has 0 bridgehead atoms. The third kappa shape index (κ3) is 5.55. The smallest absolute Gasteiger partial charge is 0.225 e. The number of amides is 1. The molecule has 1 rings (SSSR count). The lowest BCUT2D eigenvalue weighted by molar-refractivity contribution is -0.136. The van der Waals surface area contributed by atoms with E-state index in [0.29, 0.717) is 19.1 Å². The molecule has 108 valence electrons. The highest BCUT2D eigenvalue weighted by Crippen LogP contribution is 2.26. The number of nitrogens with two attached hydrogens (primary N) is 1. The highest BCUT2D eigenvalue weighted by Gasteiger charge is 2.30. The molecule has 1 fully saturated rings. The zero-order chi connectivity index (χ0) is 12.8. The van der Waals surface area contributed by atoms with Crippen LogP contribution in [0.15, 0.2) is 0 Å². The molecule has 0 saturated heterocycles. The van der Waals surface area contributed by atoms with E-state index in [9.17, 15) is 4.79 Å². The Morgan fingerprint density at radius 2 is 2.11 bits per heavy atom. The third-order valence-corrected chi connectivity index (χ3v) is 3.28. The number of hydrogen-bond acceptors (Lipinski definition) is 3. The van der Waals surface area contributed by atoms with Gasteiger partial charge < -0.3 is 15.4 Å². The van der Waals surface area contributed by atoms with Crippen molar-refractivity contribution >= 4 is 18.3 Å². The minimum absolute atomic E-state index is 0. The summed E-state index contributed by atoms with van der Waals surface area (Å²) in [5.74, 6) is 0.898. The normalized spacial score (nSPS) is 22.9. The molecule has 0 aromatic carbocycles. The number of halogens is 1. The third-order valence-electron chi connectivity index (χ3n) is 3.28. The van der Waals surface area contributed by atoms with Gasteiger partial charge in [0.1, 0.15) is 0 Å². The van der Waals surface area contributed by atoms with Crippen LogP contribution in [-0.4, -0.2) is 43.7 Å². The SMILES string of the molecule is COCCN(CC(C)C)C(=O)C1CCC(N)C1.Cl. The predicted octanol–water partition coefficient (Wildman–Crippen LogP) is 1.67. The number of carbonyl (C=O) groups is 1. The molecule has 0 heterocycles. The van der Waals surface area contributed by atoms with Crippen LogP contribution in [0.4, 0.5) is 0 Å². The Hall–Kier alpha value is -0.320. The molecule has 2 unspecified atom stereocenters. The second kappa shape index (κ2) is 8.73. The van der Waals surface area contributed by atoms with Crippen molar-refractivity contribution in [1.29, 1.82) is 0 Å². The topological polar surface area (TPSA) is 55.6 Å². The van der Waals surface area contributed by atoms with E-state index >= 15 is 0 Å². The number of methoxy groups -OCH3 is 1. The number of rotatable bonds is 6. The first kappa shape index (κ1) is 17.7. The van der Waals surface area contributed by atoms with Gasteiger partial charge in [-0.2, -0.15) is 0 Å². The van der Waals surface area contributed by atoms with Crippen molar-refractivity contribution in [3.63, 3.8) is 0 Å². The van der Waals surface area contributed by atoms with Crippen molar-refractivity contribution in [2.45, 2.75) is 39.2 Å². The first-order valence-corrected chi connectivity index (χ1v) is 6.58. The minimum atomic E-state index is 0.